The van der Waals surface area contributed by atoms with Crippen LogP contribution in [-0.4, -0.2) is 64.8 Å². The second kappa shape index (κ2) is 6.23. The summed E-state index contributed by atoms with van der Waals surface area (Å²) < 4.78 is 38.3. The number of carbonyl (C=O) groups is 1. The Morgan fingerprint density at radius 1 is 1.19 bits per heavy atom. The normalized spacial score (nSPS) is 27.9. The summed E-state index contributed by atoms with van der Waals surface area (Å²) in [5.41, 5.74) is 0.540. The van der Waals surface area contributed by atoms with Crippen LogP contribution in [0.15, 0.2) is 30.3 Å². The van der Waals surface area contributed by atoms with E-state index in [0.717, 1.165) is 18.4 Å². The standard InChI is InChI=1S/C19H23F3N2O2/c20-19(21,22)8-9-24-15(10-25)16(13-4-2-1-3-5-13)18(24)11-23(12-18)17(26)14-6-7-14/h1-5,14-16,25H,6-12H2/t15-,16+/m1/s1. The number of halogens is 3. The molecule has 1 aromatic carbocycles. The Kier molecular flexibility index (Phi) is 4.27. The van der Waals surface area contributed by atoms with Crippen molar-refractivity contribution in [1.29, 1.82) is 0 Å². The molecule has 0 radical (unpaired) electrons. The van der Waals surface area contributed by atoms with Gasteiger partial charge in [-0.15, -0.1) is 0 Å². The largest absolute Gasteiger partial charge is 0.395 e. The van der Waals surface area contributed by atoms with Crippen molar-refractivity contribution in [3.8, 4) is 0 Å². The lowest BCUT2D eigenvalue weighted by Gasteiger charge is -2.71. The van der Waals surface area contributed by atoms with Crippen molar-refractivity contribution in [1.82, 2.24) is 9.80 Å². The zero-order chi connectivity index (χ0) is 18.5. The molecular weight excluding hydrogens is 345 g/mol. The van der Waals surface area contributed by atoms with E-state index in [1.165, 1.54) is 0 Å². The summed E-state index contributed by atoms with van der Waals surface area (Å²) in [7, 11) is 0. The average molecular weight is 368 g/mol. The fourth-order valence-electron chi connectivity index (χ4n) is 4.73. The van der Waals surface area contributed by atoms with Gasteiger partial charge in [0.1, 0.15) is 0 Å². The van der Waals surface area contributed by atoms with Crippen LogP contribution in [-0.2, 0) is 4.79 Å². The fourth-order valence-corrected chi connectivity index (χ4v) is 4.73. The van der Waals surface area contributed by atoms with Gasteiger partial charge in [0, 0.05) is 37.5 Å². The van der Waals surface area contributed by atoms with Gasteiger partial charge in [0.15, 0.2) is 0 Å². The molecule has 0 bridgehead atoms. The molecule has 3 aliphatic rings. The molecule has 0 aromatic heterocycles. The molecule has 7 heteroatoms. The van der Waals surface area contributed by atoms with E-state index in [0.29, 0.717) is 13.1 Å². The lowest BCUT2D eigenvalue weighted by Crippen LogP contribution is -2.85. The summed E-state index contributed by atoms with van der Waals surface area (Å²) in [5.74, 6) is 0.190. The molecule has 2 heterocycles. The Balaban J connectivity index is 1.56. The van der Waals surface area contributed by atoms with Crippen LogP contribution in [0.2, 0.25) is 0 Å². The first kappa shape index (κ1) is 17.8. The van der Waals surface area contributed by atoms with Gasteiger partial charge in [0.25, 0.3) is 0 Å². The van der Waals surface area contributed by atoms with E-state index in [1.807, 2.05) is 30.3 Å². The highest BCUT2D eigenvalue weighted by atomic mass is 19.4. The lowest BCUT2D eigenvalue weighted by molar-refractivity contribution is -0.210. The number of benzene rings is 1. The molecule has 26 heavy (non-hydrogen) atoms. The molecule has 3 fully saturated rings. The van der Waals surface area contributed by atoms with Crippen LogP contribution in [0.5, 0.6) is 0 Å². The van der Waals surface area contributed by atoms with E-state index in [-0.39, 0.29) is 36.9 Å². The van der Waals surface area contributed by atoms with Gasteiger partial charge < -0.3 is 10.0 Å². The van der Waals surface area contributed by atoms with Crippen LogP contribution in [0.4, 0.5) is 13.2 Å². The molecule has 4 nitrogen and oxygen atoms in total. The van der Waals surface area contributed by atoms with Crippen molar-refractivity contribution in [3.05, 3.63) is 35.9 Å². The van der Waals surface area contributed by atoms with E-state index in [1.54, 1.807) is 9.80 Å². The molecule has 1 aliphatic carbocycles. The second-order valence-electron chi connectivity index (χ2n) is 7.77. The average Bonchev–Trinajstić information content (AvgIpc) is 3.37. The first-order valence-electron chi connectivity index (χ1n) is 9.14. The third kappa shape index (κ3) is 2.91. The van der Waals surface area contributed by atoms with E-state index >= 15 is 0 Å². The quantitative estimate of drug-likeness (QED) is 0.868. The van der Waals surface area contributed by atoms with Crippen LogP contribution in [0, 0.1) is 5.92 Å². The monoisotopic (exact) mass is 368 g/mol. The molecule has 2 aliphatic heterocycles. The summed E-state index contributed by atoms with van der Waals surface area (Å²) in [6.45, 7) is 0.589. The number of carbonyl (C=O) groups excluding carboxylic acids is 1. The van der Waals surface area contributed by atoms with Gasteiger partial charge in [-0.1, -0.05) is 30.3 Å². The first-order valence-corrected chi connectivity index (χ1v) is 9.14. The van der Waals surface area contributed by atoms with E-state index in [2.05, 4.69) is 0 Å². The SMILES string of the molecule is O=C(C1CC1)N1CC2(C1)[C@@H](c1ccccc1)[C@@H](CO)N2CCC(F)(F)F. The van der Waals surface area contributed by atoms with Crippen molar-refractivity contribution in [2.24, 2.45) is 5.92 Å². The van der Waals surface area contributed by atoms with Gasteiger partial charge in [-0.2, -0.15) is 13.2 Å². The van der Waals surface area contributed by atoms with Crippen LogP contribution in [0.25, 0.3) is 0 Å². The van der Waals surface area contributed by atoms with Crippen molar-refractivity contribution in [3.63, 3.8) is 0 Å². The number of alkyl halides is 3. The molecule has 2 saturated heterocycles. The number of hydrogen-bond acceptors (Lipinski definition) is 3. The maximum absolute atomic E-state index is 12.8. The van der Waals surface area contributed by atoms with Gasteiger partial charge in [-0.25, -0.2) is 0 Å². The molecule has 1 saturated carbocycles. The highest BCUT2D eigenvalue weighted by molar-refractivity contribution is 5.82. The summed E-state index contributed by atoms with van der Waals surface area (Å²) >= 11 is 0. The third-order valence-electron chi connectivity index (χ3n) is 6.09. The van der Waals surface area contributed by atoms with Crippen LogP contribution >= 0.6 is 0 Å². The van der Waals surface area contributed by atoms with E-state index < -0.39 is 18.1 Å². The summed E-state index contributed by atoms with van der Waals surface area (Å²) in [6, 6.07) is 9.29. The highest BCUT2D eigenvalue weighted by Crippen LogP contribution is 2.54. The van der Waals surface area contributed by atoms with Crippen molar-refractivity contribution < 1.29 is 23.1 Å². The predicted octanol–water partition coefficient (Wildman–Crippen LogP) is 2.39. The van der Waals surface area contributed by atoms with E-state index in [9.17, 15) is 23.1 Å². The summed E-state index contributed by atoms with van der Waals surface area (Å²) in [4.78, 5) is 15.9. The molecule has 1 spiro atoms. The number of aliphatic hydroxyl groups excluding tert-OH is 1. The van der Waals surface area contributed by atoms with Crippen LogP contribution in [0.1, 0.15) is 30.7 Å². The number of amides is 1. The van der Waals surface area contributed by atoms with Crippen molar-refractivity contribution >= 4 is 5.91 Å². The number of aliphatic hydroxyl groups is 1. The maximum Gasteiger partial charge on any atom is 0.390 e. The first-order chi connectivity index (χ1) is 12.4. The number of hydrogen-bond donors (Lipinski definition) is 1. The molecule has 2 atom stereocenters. The zero-order valence-corrected chi connectivity index (χ0v) is 14.5. The van der Waals surface area contributed by atoms with E-state index in [4.69, 9.17) is 0 Å². The zero-order valence-electron chi connectivity index (χ0n) is 14.5. The van der Waals surface area contributed by atoms with Crippen molar-refractivity contribution in [2.75, 3.05) is 26.2 Å². The Hall–Kier alpha value is -1.60. The van der Waals surface area contributed by atoms with Crippen molar-refractivity contribution in [2.45, 2.75) is 42.9 Å². The van der Waals surface area contributed by atoms with Crippen LogP contribution in [0.3, 0.4) is 0 Å². The Morgan fingerprint density at radius 3 is 2.38 bits per heavy atom. The fraction of sp³-hybridized carbons (Fsp3) is 0.632. The highest BCUT2D eigenvalue weighted by Gasteiger charge is 2.66. The van der Waals surface area contributed by atoms with Gasteiger partial charge in [0.2, 0.25) is 5.91 Å². The number of nitrogens with zero attached hydrogens (tertiary/aromatic N) is 2. The minimum Gasteiger partial charge on any atom is -0.395 e. The Morgan fingerprint density at radius 2 is 1.85 bits per heavy atom. The minimum absolute atomic E-state index is 0.0508. The summed E-state index contributed by atoms with van der Waals surface area (Å²) in [6.07, 6.45) is -3.29. The predicted molar refractivity (Wildman–Crippen MR) is 89.5 cm³/mol. The number of rotatable bonds is 5. The smallest absolute Gasteiger partial charge is 0.390 e. The maximum atomic E-state index is 12.8. The Bertz CT molecular complexity index is 669. The molecule has 0 unspecified atom stereocenters. The second-order valence-corrected chi connectivity index (χ2v) is 7.77. The van der Waals surface area contributed by atoms with Gasteiger partial charge in [-0.05, 0) is 18.4 Å². The molecule has 142 valence electrons. The van der Waals surface area contributed by atoms with Gasteiger partial charge in [0.05, 0.1) is 18.6 Å². The third-order valence-corrected chi connectivity index (χ3v) is 6.09. The molecule has 1 aromatic rings. The topological polar surface area (TPSA) is 43.8 Å². The molecule has 4 rings (SSSR count). The lowest BCUT2D eigenvalue weighted by atomic mass is 9.60. The molecule has 1 amide bonds. The Labute approximate surface area is 150 Å². The van der Waals surface area contributed by atoms with Crippen LogP contribution < -0.4 is 0 Å². The molecule has 1 N–H and O–H groups in total. The minimum atomic E-state index is -4.23. The summed E-state index contributed by atoms with van der Waals surface area (Å²) in [5, 5.41) is 9.84. The van der Waals surface area contributed by atoms with Gasteiger partial charge >= 0.3 is 6.18 Å². The number of likely N-dealkylation sites (tertiary alicyclic amines) is 2. The van der Waals surface area contributed by atoms with Gasteiger partial charge in [-0.3, -0.25) is 9.69 Å². The molecular formula is C19H23F3N2O2.